The second-order valence-corrected chi connectivity index (χ2v) is 4.34. The van der Waals surface area contributed by atoms with Crippen molar-refractivity contribution in [2.45, 2.75) is 11.9 Å². The van der Waals surface area contributed by atoms with Gasteiger partial charge in [0.1, 0.15) is 17.5 Å². The molecule has 0 radical (unpaired) electrons. The van der Waals surface area contributed by atoms with E-state index in [2.05, 4.69) is 15.2 Å². The third-order valence-electron chi connectivity index (χ3n) is 2.54. The number of halogens is 1. The summed E-state index contributed by atoms with van der Waals surface area (Å²) in [5.74, 6) is 0.460. The number of hydrogen-bond acceptors (Lipinski definition) is 3. The molecule has 0 fully saturated rings. The van der Waals surface area contributed by atoms with Gasteiger partial charge in [0.2, 0.25) is 5.91 Å². The summed E-state index contributed by atoms with van der Waals surface area (Å²) in [5, 5.41) is 5.75. The Labute approximate surface area is 110 Å². The molecule has 0 aliphatic rings. The average Bonchev–Trinajstić information content (AvgIpc) is 2.91. The zero-order chi connectivity index (χ0) is 13.0. The molecule has 6 heteroatoms. The van der Waals surface area contributed by atoms with Crippen LogP contribution in [0.2, 0.25) is 0 Å². The van der Waals surface area contributed by atoms with Crippen molar-refractivity contribution in [1.29, 1.82) is 0 Å². The Morgan fingerprint density at radius 2 is 2.17 bits per heavy atom. The molecule has 0 aliphatic heterocycles. The highest BCUT2D eigenvalue weighted by molar-refractivity contribution is 6.30. The topological polar surface area (TPSA) is 61.9 Å². The van der Waals surface area contributed by atoms with E-state index in [1.165, 1.54) is 11.2 Å². The van der Waals surface area contributed by atoms with Crippen LogP contribution in [0, 0.1) is 0 Å². The lowest BCUT2D eigenvalue weighted by Gasteiger charge is -2.19. The van der Waals surface area contributed by atoms with Crippen molar-refractivity contribution in [3.63, 3.8) is 0 Å². The van der Waals surface area contributed by atoms with Gasteiger partial charge in [0.05, 0.1) is 6.54 Å². The molecule has 1 aromatic carbocycles. The number of aromatic amines is 1. The van der Waals surface area contributed by atoms with Crippen molar-refractivity contribution >= 4 is 17.5 Å². The molecule has 0 bridgehead atoms. The molecule has 1 atom stereocenters. The van der Waals surface area contributed by atoms with Crippen LogP contribution in [0.3, 0.4) is 0 Å². The largest absolute Gasteiger partial charge is 0.337 e. The predicted octanol–water partition coefficient (Wildman–Crippen LogP) is 1.74. The SMILES string of the molecule is CN(Cc1ncn[nH]1)C(=O)C(Cl)c1ccccc1. The minimum atomic E-state index is -0.681. The zero-order valence-corrected chi connectivity index (χ0v) is 10.6. The van der Waals surface area contributed by atoms with Gasteiger partial charge < -0.3 is 4.90 Å². The minimum absolute atomic E-state index is 0.167. The number of rotatable bonds is 4. The number of hydrogen-bond donors (Lipinski definition) is 1. The van der Waals surface area contributed by atoms with Crippen LogP contribution in [-0.2, 0) is 11.3 Å². The summed E-state index contributed by atoms with van der Waals surface area (Å²) in [6, 6.07) is 9.26. The van der Waals surface area contributed by atoms with Crippen molar-refractivity contribution in [2.24, 2.45) is 0 Å². The Morgan fingerprint density at radius 1 is 1.44 bits per heavy atom. The van der Waals surface area contributed by atoms with Crippen LogP contribution in [-0.4, -0.2) is 33.0 Å². The van der Waals surface area contributed by atoms with E-state index >= 15 is 0 Å². The maximum atomic E-state index is 12.1. The van der Waals surface area contributed by atoms with Gasteiger partial charge in [-0.15, -0.1) is 11.6 Å². The summed E-state index contributed by atoms with van der Waals surface area (Å²) in [6.07, 6.45) is 1.41. The van der Waals surface area contributed by atoms with Gasteiger partial charge in [-0.25, -0.2) is 4.98 Å². The van der Waals surface area contributed by atoms with Gasteiger partial charge in [-0.3, -0.25) is 9.89 Å². The first-order valence-electron chi connectivity index (χ1n) is 5.46. The highest BCUT2D eigenvalue weighted by atomic mass is 35.5. The van der Waals surface area contributed by atoms with Crippen LogP contribution in [0.1, 0.15) is 16.8 Å². The molecular weight excluding hydrogens is 252 g/mol. The first-order valence-corrected chi connectivity index (χ1v) is 5.90. The third-order valence-corrected chi connectivity index (χ3v) is 2.98. The smallest absolute Gasteiger partial charge is 0.245 e. The molecule has 5 nitrogen and oxygen atoms in total. The van der Waals surface area contributed by atoms with E-state index in [1.807, 2.05) is 30.3 Å². The highest BCUT2D eigenvalue weighted by Crippen LogP contribution is 2.22. The summed E-state index contributed by atoms with van der Waals surface area (Å²) in [7, 11) is 1.68. The summed E-state index contributed by atoms with van der Waals surface area (Å²) in [5.41, 5.74) is 0.786. The highest BCUT2D eigenvalue weighted by Gasteiger charge is 2.21. The summed E-state index contributed by atoms with van der Waals surface area (Å²) >= 11 is 6.15. The number of nitrogens with one attached hydrogen (secondary N) is 1. The van der Waals surface area contributed by atoms with Gasteiger partial charge in [0.25, 0.3) is 0 Å². The predicted molar refractivity (Wildman–Crippen MR) is 67.9 cm³/mol. The number of amides is 1. The van der Waals surface area contributed by atoms with Gasteiger partial charge in [-0.2, -0.15) is 5.10 Å². The number of aromatic nitrogens is 3. The van der Waals surface area contributed by atoms with Crippen LogP contribution >= 0.6 is 11.6 Å². The number of carbonyl (C=O) groups excluding carboxylic acids is 1. The monoisotopic (exact) mass is 264 g/mol. The number of benzene rings is 1. The molecule has 0 spiro atoms. The van der Waals surface area contributed by atoms with Crippen LogP contribution in [0.4, 0.5) is 0 Å². The van der Waals surface area contributed by atoms with E-state index < -0.39 is 5.38 Å². The van der Waals surface area contributed by atoms with E-state index in [-0.39, 0.29) is 5.91 Å². The van der Waals surface area contributed by atoms with Crippen LogP contribution in [0.25, 0.3) is 0 Å². The molecular formula is C12H13ClN4O. The third kappa shape index (κ3) is 2.87. The summed E-state index contributed by atoms with van der Waals surface area (Å²) in [4.78, 5) is 17.6. The molecule has 1 heterocycles. The quantitative estimate of drug-likeness (QED) is 0.856. The molecule has 1 aromatic heterocycles. The van der Waals surface area contributed by atoms with Crippen molar-refractivity contribution in [3.05, 3.63) is 48.0 Å². The van der Waals surface area contributed by atoms with Crippen molar-refractivity contribution in [1.82, 2.24) is 20.1 Å². The van der Waals surface area contributed by atoms with Gasteiger partial charge in [-0.05, 0) is 5.56 Å². The molecule has 0 aliphatic carbocycles. The lowest BCUT2D eigenvalue weighted by molar-refractivity contribution is -0.130. The first kappa shape index (κ1) is 12.6. The Bertz CT molecular complexity index is 500. The van der Waals surface area contributed by atoms with Crippen molar-refractivity contribution in [2.75, 3.05) is 7.05 Å². The Hall–Kier alpha value is -1.88. The van der Waals surface area contributed by atoms with Gasteiger partial charge in [0, 0.05) is 7.05 Å². The van der Waals surface area contributed by atoms with E-state index in [0.29, 0.717) is 12.4 Å². The van der Waals surface area contributed by atoms with Gasteiger partial charge in [0.15, 0.2) is 0 Å². The summed E-state index contributed by atoms with van der Waals surface area (Å²) < 4.78 is 0. The second-order valence-electron chi connectivity index (χ2n) is 3.90. The van der Waals surface area contributed by atoms with Crippen LogP contribution in [0.5, 0.6) is 0 Å². The number of alkyl halides is 1. The molecule has 1 N–H and O–H groups in total. The standard InChI is InChI=1S/C12H13ClN4O/c1-17(7-10-14-8-15-16-10)12(18)11(13)9-5-3-2-4-6-9/h2-6,8,11H,7H2,1H3,(H,14,15,16). The number of H-pyrrole nitrogens is 1. The van der Waals surface area contributed by atoms with Gasteiger partial charge in [-0.1, -0.05) is 30.3 Å². The maximum Gasteiger partial charge on any atom is 0.245 e. The van der Waals surface area contributed by atoms with Crippen LogP contribution < -0.4 is 0 Å². The maximum absolute atomic E-state index is 12.1. The number of carbonyl (C=O) groups is 1. The zero-order valence-electron chi connectivity index (χ0n) is 9.88. The van der Waals surface area contributed by atoms with E-state index in [0.717, 1.165) is 5.56 Å². The van der Waals surface area contributed by atoms with E-state index in [1.54, 1.807) is 7.05 Å². The van der Waals surface area contributed by atoms with Gasteiger partial charge >= 0.3 is 0 Å². The van der Waals surface area contributed by atoms with Crippen molar-refractivity contribution < 1.29 is 4.79 Å². The first-order chi connectivity index (χ1) is 8.68. The fourth-order valence-electron chi connectivity index (χ4n) is 1.57. The van der Waals surface area contributed by atoms with Crippen LogP contribution in [0.15, 0.2) is 36.7 Å². The molecule has 2 rings (SSSR count). The lowest BCUT2D eigenvalue weighted by Crippen LogP contribution is -2.29. The molecule has 0 saturated carbocycles. The van der Waals surface area contributed by atoms with E-state index in [4.69, 9.17) is 11.6 Å². The second kappa shape index (κ2) is 5.64. The lowest BCUT2D eigenvalue weighted by atomic mass is 10.1. The normalized spacial score (nSPS) is 12.1. The molecule has 18 heavy (non-hydrogen) atoms. The summed E-state index contributed by atoms with van der Waals surface area (Å²) in [6.45, 7) is 0.356. The molecule has 1 unspecified atom stereocenters. The fourth-order valence-corrected chi connectivity index (χ4v) is 1.88. The molecule has 0 saturated heterocycles. The number of likely N-dealkylation sites (N-methyl/N-ethyl adjacent to an activating group) is 1. The molecule has 1 amide bonds. The number of nitrogens with zero attached hydrogens (tertiary/aromatic N) is 3. The van der Waals surface area contributed by atoms with E-state index in [9.17, 15) is 4.79 Å². The minimum Gasteiger partial charge on any atom is -0.337 e. The Kier molecular flexibility index (Phi) is 3.94. The van der Waals surface area contributed by atoms with Crippen molar-refractivity contribution in [3.8, 4) is 0 Å². The fraction of sp³-hybridized carbons (Fsp3) is 0.250. The Balaban J connectivity index is 2.02. The average molecular weight is 265 g/mol. The molecule has 94 valence electrons. The molecule has 2 aromatic rings. The Morgan fingerprint density at radius 3 is 2.78 bits per heavy atom.